The molecule has 0 aliphatic rings. The summed E-state index contributed by atoms with van der Waals surface area (Å²) in [7, 11) is 0. The van der Waals surface area contributed by atoms with Crippen molar-refractivity contribution in [3.8, 4) is 17.2 Å². The van der Waals surface area contributed by atoms with Crippen LogP contribution in [0.5, 0.6) is 17.2 Å². The van der Waals surface area contributed by atoms with E-state index in [2.05, 4.69) is 6.92 Å². The Balaban J connectivity index is 1.61. The smallest absolute Gasteiger partial charge is 0.127 e. The van der Waals surface area contributed by atoms with Crippen molar-refractivity contribution >= 4 is 0 Å². The molecular formula is C21H28O2. The second-order valence-corrected chi connectivity index (χ2v) is 5.86. The van der Waals surface area contributed by atoms with Gasteiger partial charge in [-0.2, -0.15) is 0 Å². The van der Waals surface area contributed by atoms with Crippen molar-refractivity contribution in [1.29, 1.82) is 0 Å². The minimum absolute atomic E-state index is 0.798. The Morgan fingerprint density at radius 2 is 1.17 bits per heavy atom. The Morgan fingerprint density at radius 1 is 0.609 bits per heavy atom. The molecule has 2 nitrogen and oxygen atoms in total. The zero-order valence-corrected chi connectivity index (χ0v) is 14.2. The molecule has 0 aliphatic heterocycles. The van der Waals surface area contributed by atoms with Crippen LogP contribution in [0.2, 0.25) is 0 Å². The third-order valence-corrected chi connectivity index (χ3v) is 3.82. The van der Waals surface area contributed by atoms with Gasteiger partial charge in [-0.05, 0) is 42.8 Å². The molecule has 0 unspecified atom stereocenters. The van der Waals surface area contributed by atoms with Gasteiger partial charge in [0.2, 0.25) is 0 Å². The van der Waals surface area contributed by atoms with Crippen molar-refractivity contribution < 1.29 is 9.47 Å². The van der Waals surface area contributed by atoms with E-state index in [4.69, 9.17) is 9.47 Å². The summed E-state index contributed by atoms with van der Waals surface area (Å²) in [6.45, 7) is 3.05. The van der Waals surface area contributed by atoms with E-state index in [1.807, 2.05) is 54.6 Å². The van der Waals surface area contributed by atoms with Gasteiger partial charge in [-0.3, -0.25) is 0 Å². The number of rotatable bonds is 11. The molecule has 2 aromatic rings. The van der Waals surface area contributed by atoms with Gasteiger partial charge in [-0.1, -0.05) is 63.6 Å². The topological polar surface area (TPSA) is 18.5 Å². The van der Waals surface area contributed by atoms with Crippen LogP contribution in [0, 0.1) is 0 Å². The fraction of sp³-hybridized carbons (Fsp3) is 0.429. The Kier molecular flexibility index (Phi) is 8.10. The quantitative estimate of drug-likeness (QED) is 0.435. The fourth-order valence-corrected chi connectivity index (χ4v) is 2.48. The van der Waals surface area contributed by atoms with Crippen molar-refractivity contribution in [2.24, 2.45) is 0 Å². The minimum Gasteiger partial charge on any atom is -0.494 e. The molecule has 0 aliphatic carbocycles. The Morgan fingerprint density at radius 3 is 1.87 bits per heavy atom. The van der Waals surface area contributed by atoms with Gasteiger partial charge in [0, 0.05) is 0 Å². The predicted molar refractivity (Wildman–Crippen MR) is 96.4 cm³/mol. The SMILES string of the molecule is CCCCCCCCCOc1ccc(Oc2ccccc2)cc1. The Labute approximate surface area is 140 Å². The zero-order valence-electron chi connectivity index (χ0n) is 14.2. The molecule has 124 valence electrons. The molecular weight excluding hydrogens is 284 g/mol. The molecule has 0 bridgehead atoms. The van der Waals surface area contributed by atoms with Crippen LogP contribution in [0.15, 0.2) is 54.6 Å². The van der Waals surface area contributed by atoms with Crippen LogP contribution < -0.4 is 9.47 Å². The number of hydrogen-bond acceptors (Lipinski definition) is 2. The molecule has 0 amide bonds. The Bertz CT molecular complexity index is 519. The van der Waals surface area contributed by atoms with Crippen LogP contribution in [-0.2, 0) is 0 Å². The van der Waals surface area contributed by atoms with Gasteiger partial charge in [-0.15, -0.1) is 0 Å². The molecule has 0 radical (unpaired) electrons. The normalized spacial score (nSPS) is 10.5. The first-order chi connectivity index (χ1) is 11.4. The number of benzene rings is 2. The molecule has 2 rings (SSSR count). The maximum Gasteiger partial charge on any atom is 0.127 e. The van der Waals surface area contributed by atoms with E-state index in [-0.39, 0.29) is 0 Å². The predicted octanol–water partition coefficient (Wildman–Crippen LogP) is 6.61. The molecule has 0 N–H and O–H groups in total. The first kappa shape index (κ1) is 17.4. The summed E-state index contributed by atoms with van der Waals surface area (Å²) in [4.78, 5) is 0. The van der Waals surface area contributed by atoms with Crippen molar-refractivity contribution in [1.82, 2.24) is 0 Å². The molecule has 0 spiro atoms. The molecule has 0 atom stereocenters. The van der Waals surface area contributed by atoms with Crippen LogP contribution in [-0.4, -0.2) is 6.61 Å². The van der Waals surface area contributed by atoms with E-state index in [0.717, 1.165) is 30.3 Å². The van der Waals surface area contributed by atoms with Gasteiger partial charge in [0.1, 0.15) is 17.2 Å². The highest BCUT2D eigenvalue weighted by molar-refractivity contribution is 5.35. The molecule has 0 saturated carbocycles. The second-order valence-electron chi connectivity index (χ2n) is 5.86. The number of unbranched alkanes of at least 4 members (excludes halogenated alkanes) is 6. The minimum atomic E-state index is 0.798. The summed E-state index contributed by atoms with van der Waals surface area (Å²) >= 11 is 0. The van der Waals surface area contributed by atoms with E-state index >= 15 is 0 Å². The lowest BCUT2D eigenvalue weighted by Crippen LogP contribution is -1.97. The largest absolute Gasteiger partial charge is 0.494 e. The highest BCUT2D eigenvalue weighted by atomic mass is 16.5. The third kappa shape index (κ3) is 7.23. The zero-order chi connectivity index (χ0) is 16.2. The summed E-state index contributed by atoms with van der Waals surface area (Å²) in [5.74, 6) is 2.60. The van der Waals surface area contributed by atoms with Crippen molar-refractivity contribution in [2.75, 3.05) is 6.61 Å². The first-order valence-electron chi connectivity index (χ1n) is 8.84. The van der Waals surface area contributed by atoms with E-state index in [1.54, 1.807) is 0 Å². The van der Waals surface area contributed by atoms with Gasteiger partial charge in [0.25, 0.3) is 0 Å². The summed E-state index contributed by atoms with van der Waals surface area (Å²) < 4.78 is 11.6. The molecule has 0 aromatic heterocycles. The highest BCUT2D eigenvalue weighted by Crippen LogP contribution is 2.23. The maximum atomic E-state index is 5.78. The third-order valence-electron chi connectivity index (χ3n) is 3.82. The van der Waals surface area contributed by atoms with Crippen LogP contribution in [0.3, 0.4) is 0 Å². The average molecular weight is 312 g/mol. The number of para-hydroxylation sites is 1. The molecule has 0 heterocycles. The van der Waals surface area contributed by atoms with E-state index in [0.29, 0.717) is 0 Å². The Hall–Kier alpha value is -1.96. The van der Waals surface area contributed by atoms with Gasteiger partial charge < -0.3 is 9.47 Å². The van der Waals surface area contributed by atoms with Crippen LogP contribution in [0.25, 0.3) is 0 Å². The van der Waals surface area contributed by atoms with Crippen molar-refractivity contribution in [3.05, 3.63) is 54.6 Å². The monoisotopic (exact) mass is 312 g/mol. The lowest BCUT2D eigenvalue weighted by molar-refractivity contribution is 0.304. The maximum absolute atomic E-state index is 5.78. The van der Waals surface area contributed by atoms with Gasteiger partial charge in [0.15, 0.2) is 0 Å². The summed E-state index contributed by atoms with van der Waals surface area (Å²) in [6.07, 6.45) is 9.14. The number of ether oxygens (including phenoxy) is 2. The summed E-state index contributed by atoms with van der Waals surface area (Å²) in [6, 6.07) is 17.7. The van der Waals surface area contributed by atoms with E-state index in [9.17, 15) is 0 Å². The highest BCUT2D eigenvalue weighted by Gasteiger charge is 1.98. The summed E-state index contributed by atoms with van der Waals surface area (Å²) in [5, 5.41) is 0. The van der Waals surface area contributed by atoms with Crippen molar-refractivity contribution in [2.45, 2.75) is 51.9 Å². The van der Waals surface area contributed by atoms with Crippen LogP contribution in [0.1, 0.15) is 51.9 Å². The lowest BCUT2D eigenvalue weighted by Gasteiger charge is -2.08. The van der Waals surface area contributed by atoms with Crippen LogP contribution in [0.4, 0.5) is 0 Å². The number of hydrogen-bond donors (Lipinski definition) is 0. The lowest BCUT2D eigenvalue weighted by atomic mass is 10.1. The van der Waals surface area contributed by atoms with Gasteiger partial charge >= 0.3 is 0 Å². The first-order valence-corrected chi connectivity index (χ1v) is 8.84. The van der Waals surface area contributed by atoms with Crippen molar-refractivity contribution in [3.63, 3.8) is 0 Å². The van der Waals surface area contributed by atoms with Crippen LogP contribution >= 0.6 is 0 Å². The molecule has 23 heavy (non-hydrogen) atoms. The summed E-state index contributed by atoms with van der Waals surface area (Å²) in [5.41, 5.74) is 0. The second kappa shape index (κ2) is 10.7. The van der Waals surface area contributed by atoms with Gasteiger partial charge in [-0.25, -0.2) is 0 Å². The fourth-order valence-electron chi connectivity index (χ4n) is 2.48. The molecule has 0 fully saturated rings. The molecule has 0 saturated heterocycles. The molecule has 2 aromatic carbocycles. The molecule has 2 heteroatoms. The van der Waals surface area contributed by atoms with E-state index in [1.165, 1.54) is 38.5 Å². The average Bonchev–Trinajstić information content (AvgIpc) is 2.60. The van der Waals surface area contributed by atoms with Gasteiger partial charge in [0.05, 0.1) is 6.61 Å². The van der Waals surface area contributed by atoms with E-state index < -0.39 is 0 Å². The standard InChI is InChI=1S/C21H28O2/c1-2-3-4-5-6-7-11-18-22-19-14-16-21(17-15-19)23-20-12-9-8-10-13-20/h8-10,12-17H,2-7,11,18H2,1H3.